The Hall–Kier alpha value is -1.51. The first-order chi connectivity index (χ1) is 10.2. The lowest BCUT2D eigenvalue weighted by Gasteiger charge is -2.25. The standard InChI is InChI=1S/C18H26N2O/c1-13-12-19-18(20-13)14(2)21-17-11-7-6-10-16(17)15-8-4-3-5-9-15/h6-7,10-11,13-15H,3-5,8-9,12H2,1-2H3,(H,19,20). The van der Waals surface area contributed by atoms with Gasteiger partial charge in [-0.3, -0.25) is 4.99 Å². The van der Waals surface area contributed by atoms with Gasteiger partial charge in [-0.1, -0.05) is 37.5 Å². The molecule has 0 bridgehead atoms. The molecule has 1 aromatic rings. The number of rotatable bonds is 4. The molecule has 2 aliphatic rings. The number of aliphatic imine (C=N–C) groups is 1. The Morgan fingerprint density at radius 1 is 1.19 bits per heavy atom. The SMILES string of the molecule is CC1CN=C(C(C)Oc2ccccc2C2CCCCC2)N1. The Kier molecular flexibility index (Phi) is 4.47. The second kappa shape index (κ2) is 6.50. The van der Waals surface area contributed by atoms with Crippen LogP contribution in [0.25, 0.3) is 0 Å². The van der Waals surface area contributed by atoms with E-state index in [-0.39, 0.29) is 6.10 Å². The van der Waals surface area contributed by atoms with E-state index < -0.39 is 0 Å². The van der Waals surface area contributed by atoms with Crippen molar-refractivity contribution in [3.63, 3.8) is 0 Å². The zero-order valence-corrected chi connectivity index (χ0v) is 13.1. The van der Waals surface area contributed by atoms with Crippen LogP contribution in [0.3, 0.4) is 0 Å². The van der Waals surface area contributed by atoms with E-state index in [1.54, 1.807) is 0 Å². The van der Waals surface area contributed by atoms with Gasteiger partial charge in [-0.25, -0.2) is 0 Å². The number of hydrogen-bond donors (Lipinski definition) is 1. The van der Waals surface area contributed by atoms with E-state index in [1.165, 1.54) is 37.7 Å². The van der Waals surface area contributed by atoms with Crippen molar-refractivity contribution in [1.29, 1.82) is 0 Å². The molecule has 3 heteroatoms. The Bertz CT molecular complexity index is 506. The Labute approximate surface area is 127 Å². The van der Waals surface area contributed by atoms with Gasteiger partial charge in [0.25, 0.3) is 0 Å². The minimum atomic E-state index is -0.000287. The van der Waals surface area contributed by atoms with Crippen LogP contribution < -0.4 is 10.1 Å². The van der Waals surface area contributed by atoms with Gasteiger partial charge >= 0.3 is 0 Å². The molecule has 0 saturated heterocycles. The molecule has 2 unspecified atom stereocenters. The van der Waals surface area contributed by atoms with Gasteiger partial charge in [0.15, 0.2) is 6.10 Å². The number of ether oxygens (including phenoxy) is 1. The fourth-order valence-electron chi connectivity index (χ4n) is 3.41. The molecule has 1 aliphatic carbocycles. The third kappa shape index (κ3) is 3.39. The van der Waals surface area contributed by atoms with Crippen molar-refractivity contribution in [2.75, 3.05) is 6.54 Å². The minimum absolute atomic E-state index is 0.000287. The highest BCUT2D eigenvalue weighted by Gasteiger charge is 2.23. The fourth-order valence-corrected chi connectivity index (χ4v) is 3.41. The van der Waals surface area contributed by atoms with Crippen molar-refractivity contribution in [1.82, 2.24) is 5.32 Å². The summed E-state index contributed by atoms with van der Waals surface area (Å²) in [5.41, 5.74) is 1.38. The highest BCUT2D eigenvalue weighted by molar-refractivity contribution is 5.88. The second-order valence-electron chi connectivity index (χ2n) is 6.40. The van der Waals surface area contributed by atoms with Crippen molar-refractivity contribution < 1.29 is 4.74 Å². The summed E-state index contributed by atoms with van der Waals surface area (Å²) in [6.07, 6.45) is 6.67. The average molecular weight is 286 g/mol. The molecule has 0 spiro atoms. The maximum absolute atomic E-state index is 6.24. The summed E-state index contributed by atoms with van der Waals surface area (Å²) in [5, 5.41) is 3.40. The molecule has 1 fully saturated rings. The van der Waals surface area contributed by atoms with Crippen LogP contribution in [0.2, 0.25) is 0 Å². The largest absolute Gasteiger partial charge is 0.483 e. The maximum atomic E-state index is 6.24. The van der Waals surface area contributed by atoms with Crippen LogP contribution in [0.15, 0.2) is 29.3 Å². The summed E-state index contributed by atoms with van der Waals surface area (Å²) < 4.78 is 6.24. The lowest BCUT2D eigenvalue weighted by molar-refractivity contribution is 0.276. The zero-order chi connectivity index (χ0) is 14.7. The maximum Gasteiger partial charge on any atom is 0.152 e. The predicted octanol–water partition coefficient (Wildman–Crippen LogP) is 3.89. The molecule has 0 aromatic heterocycles. The molecule has 1 aromatic carbocycles. The van der Waals surface area contributed by atoms with E-state index in [1.807, 2.05) is 0 Å². The molecule has 3 rings (SSSR count). The van der Waals surface area contributed by atoms with Gasteiger partial charge in [0.2, 0.25) is 0 Å². The highest BCUT2D eigenvalue weighted by Crippen LogP contribution is 2.37. The number of nitrogens with zero attached hydrogens (tertiary/aromatic N) is 1. The van der Waals surface area contributed by atoms with E-state index in [0.29, 0.717) is 12.0 Å². The first-order valence-electron chi connectivity index (χ1n) is 8.30. The van der Waals surface area contributed by atoms with Gasteiger partial charge in [0, 0.05) is 6.04 Å². The minimum Gasteiger partial charge on any atom is -0.483 e. The average Bonchev–Trinajstić information content (AvgIpc) is 2.95. The van der Waals surface area contributed by atoms with E-state index in [9.17, 15) is 0 Å². The summed E-state index contributed by atoms with van der Waals surface area (Å²) in [5.74, 6) is 2.70. The lowest BCUT2D eigenvalue weighted by atomic mass is 9.84. The molecular weight excluding hydrogens is 260 g/mol. The van der Waals surface area contributed by atoms with Crippen molar-refractivity contribution in [3.05, 3.63) is 29.8 Å². The molecule has 0 radical (unpaired) electrons. The number of hydrogen-bond acceptors (Lipinski definition) is 3. The van der Waals surface area contributed by atoms with Crippen LogP contribution in [0, 0.1) is 0 Å². The number of amidine groups is 1. The lowest BCUT2D eigenvalue weighted by Crippen LogP contribution is -2.37. The van der Waals surface area contributed by atoms with Gasteiger partial charge < -0.3 is 10.1 Å². The van der Waals surface area contributed by atoms with Crippen molar-refractivity contribution in [2.24, 2.45) is 4.99 Å². The Morgan fingerprint density at radius 2 is 1.95 bits per heavy atom. The summed E-state index contributed by atoms with van der Waals surface area (Å²) in [6.45, 7) is 5.09. The van der Waals surface area contributed by atoms with Gasteiger partial charge in [0.1, 0.15) is 11.6 Å². The van der Waals surface area contributed by atoms with Gasteiger partial charge in [-0.2, -0.15) is 0 Å². The van der Waals surface area contributed by atoms with Crippen molar-refractivity contribution in [3.8, 4) is 5.75 Å². The molecule has 2 atom stereocenters. The van der Waals surface area contributed by atoms with E-state index in [2.05, 4.69) is 48.4 Å². The van der Waals surface area contributed by atoms with Crippen LogP contribution in [0.4, 0.5) is 0 Å². The molecule has 1 saturated carbocycles. The Morgan fingerprint density at radius 3 is 2.67 bits per heavy atom. The van der Waals surface area contributed by atoms with E-state index in [0.717, 1.165) is 18.1 Å². The number of nitrogens with one attached hydrogen (secondary N) is 1. The highest BCUT2D eigenvalue weighted by atomic mass is 16.5. The van der Waals surface area contributed by atoms with Gasteiger partial charge in [-0.05, 0) is 44.2 Å². The van der Waals surface area contributed by atoms with E-state index >= 15 is 0 Å². The molecule has 114 valence electrons. The van der Waals surface area contributed by atoms with E-state index in [4.69, 9.17) is 4.74 Å². The smallest absolute Gasteiger partial charge is 0.152 e. The molecule has 1 aliphatic heterocycles. The molecular formula is C18H26N2O. The monoisotopic (exact) mass is 286 g/mol. The second-order valence-corrected chi connectivity index (χ2v) is 6.40. The molecule has 0 amide bonds. The third-order valence-electron chi connectivity index (χ3n) is 4.58. The quantitative estimate of drug-likeness (QED) is 0.911. The van der Waals surface area contributed by atoms with Crippen molar-refractivity contribution in [2.45, 2.75) is 64.0 Å². The summed E-state index contributed by atoms with van der Waals surface area (Å²) in [7, 11) is 0. The summed E-state index contributed by atoms with van der Waals surface area (Å²) in [6, 6.07) is 8.99. The number of para-hydroxylation sites is 1. The normalized spacial score (nSPS) is 24.3. The van der Waals surface area contributed by atoms with Crippen LogP contribution in [-0.2, 0) is 0 Å². The third-order valence-corrected chi connectivity index (χ3v) is 4.58. The number of benzene rings is 1. The van der Waals surface area contributed by atoms with Crippen LogP contribution in [-0.4, -0.2) is 24.5 Å². The fraction of sp³-hybridized carbons (Fsp3) is 0.611. The predicted molar refractivity (Wildman–Crippen MR) is 87.3 cm³/mol. The van der Waals surface area contributed by atoms with Gasteiger partial charge in [-0.15, -0.1) is 0 Å². The first kappa shape index (κ1) is 14.4. The Balaban J connectivity index is 1.73. The summed E-state index contributed by atoms with van der Waals surface area (Å²) in [4.78, 5) is 4.54. The topological polar surface area (TPSA) is 33.6 Å². The van der Waals surface area contributed by atoms with Gasteiger partial charge in [0.05, 0.1) is 6.54 Å². The molecule has 3 nitrogen and oxygen atoms in total. The van der Waals surface area contributed by atoms with Crippen molar-refractivity contribution >= 4 is 5.84 Å². The van der Waals surface area contributed by atoms with Crippen LogP contribution in [0.1, 0.15) is 57.4 Å². The molecule has 1 N–H and O–H groups in total. The van der Waals surface area contributed by atoms with Crippen LogP contribution >= 0.6 is 0 Å². The van der Waals surface area contributed by atoms with Crippen LogP contribution in [0.5, 0.6) is 5.75 Å². The summed E-state index contributed by atoms with van der Waals surface area (Å²) >= 11 is 0. The molecule has 21 heavy (non-hydrogen) atoms. The molecule has 1 heterocycles. The zero-order valence-electron chi connectivity index (χ0n) is 13.1. The first-order valence-corrected chi connectivity index (χ1v) is 8.30.